The summed E-state index contributed by atoms with van der Waals surface area (Å²) in [6, 6.07) is 5.60. The summed E-state index contributed by atoms with van der Waals surface area (Å²) < 4.78 is 0. The number of hydrogen-bond donors (Lipinski definition) is 1. The van der Waals surface area contributed by atoms with Gasteiger partial charge in [0.1, 0.15) is 0 Å². The average Bonchev–Trinajstić information content (AvgIpc) is 2.58. The quantitative estimate of drug-likeness (QED) is 0.731. The fraction of sp³-hybridized carbons (Fsp3) is 0.273. The molecule has 0 atom stereocenters. The molecule has 1 aliphatic rings. The zero-order valence-corrected chi connectivity index (χ0v) is 9.15. The second kappa shape index (κ2) is 3.58. The Kier molecular flexibility index (Phi) is 2.56. The van der Waals surface area contributed by atoms with Crippen LogP contribution in [-0.4, -0.2) is 0 Å². The topological polar surface area (TPSA) is 26.0 Å². The first-order chi connectivity index (χ1) is 6.62. The highest BCUT2D eigenvalue weighted by molar-refractivity contribution is 6.42. The first-order valence-electron chi connectivity index (χ1n) is 4.51. The Balaban J connectivity index is 2.37. The van der Waals surface area contributed by atoms with Crippen LogP contribution in [0.1, 0.15) is 18.4 Å². The third-order valence-corrected chi connectivity index (χ3v) is 3.36. The van der Waals surface area contributed by atoms with Crippen molar-refractivity contribution in [3.8, 4) is 0 Å². The molecular formula is C11H11Cl2N. The molecule has 0 aliphatic heterocycles. The number of hydrogen-bond acceptors (Lipinski definition) is 1. The largest absolute Gasteiger partial charge is 0.321 e. The zero-order valence-electron chi connectivity index (χ0n) is 7.63. The van der Waals surface area contributed by atoms with Crippen molar-refractivity contribution >= 4 is 23.2 Å². The lowest BCUT2D eigenvalue weighted by molar-refractivity contribution is 0.480. The van der Waals surface area contributed by atoms with E-state index in [1.165, 1.54) is 0 Å². The minimum atomic E-state index is -0.284. The Bertz CT molecular complexity index is 377. The summed E-state index contributed by atoms with van der Waals surface area (Å²) in [5.41, 5.74) is 7.00. The van der Waals surface area contributed by atoms with Gasteiger partial charge in [-0.2, -0.15) is 0 Å². The summed E-state index contributed by atoms with van der Waals surface area (Å²) in [6.45, 7) is 0. The molecule has 0 spiro atoms. The van der Waals surface area contributed by atoms with Gasteiger partial charge in [-0.15, -0.1) is 0 Å². The van der Waals surface area contributed by atoms with Crippen molar-refractivity contribution in [3.05, 3.63) is 46.0 Å². The lowest BCUT2D eigenvalue weighted by Gasteiger charge is -2.24. The minimum absolute atomic E-state index is 0.284. The van der Waals surface area contributed by atoms with Crippen LogP contribution < -0.4 is 5.73 Å². The molecule has 3 heteroatoms. The van der Waals surface area contributed by atoms with Crippen LogP contribution in [0.4, 0.5) is 0 Å². The first kappa shape index (κ1) is 10.0. The predicted octanol–water partition coefficient (Wildman–Crippen LogP) is 3.50. The molecule has 0 saturated carbocycles. The molecule has 0 aromatic heterocycles. The van der Waals surface area contributed by atoms with Gasteiger partial charge < -0.3 is 5.73 Å². The summed E-state index contributed by atoms with van der Waals surface area (Å²) in [4.78, 5) is 0. The van der Waals surface area contributed by atoms with Crippen molar-refractivity contribution < 1.29 is 0 Å². The van der Waals surface area contributed by atoms with E-state index >= 15 is 0 Å². The predicted molar refractivity (Wildman–Crippen MR) is 60.7 cm³/mol. The lowest BCUT2D eigenvalue weighted by Crippen LogP contribution is -2.33. The van der Waals surface area contributed by atoms with Crippen molar-refractivity contribution in [2.75, 3.05) is 0 Å². The fourth-order valence-electron chi connectivity index (χ4n) is 1.71. The van der Waals surface area contributed by atoms with Crippen LogP contribution in [0.25, 0.3) is 0 Å². The van der Waals surface area contributed by atoms with Crippen LogP contribution >= 0.6 is 23.2 Å². The van der Waals surface area contributed by atoms with Crippen molar-refractivity contribution in [3.63, 3.8) is 0 Å². The summed E-state index contributed by atoms with van der Waals surface area (Å²) >= 11 is 11.8. The van der Waals surface area contributed by atoms with Crippen LogP contribution in [-0.2, 0) is 5.54 Å². The van der Waals surface area contributed by atoms with Crippen molar-refractivity contribution in [1.29, 1.82) is 0 Å². The summed E-state index contributed by atoms with van der Waals surface area (Å²) in [5, 5.41) is 1.14. The van der Waals surface area contributed by atoms with E-state index in [9.17, 15) is 0 Å². The third kappa shape index (κ3) is 1.68. The van der Waals surface area contributed by atoms with Gasteiger partial charge in [-0.1, -0.05) is 41.4 Å². The van der Waals surface area contributed by atoms with E-state index < -0.39 is 0 Å². The Labute approximate surface area is 93.5 Å². The van der Waals surface area contributed by atoms with E-state index in [0.717, 1.165) is 18.4 Å². The molecule has 2 N–H and O–H groups in total. The van der Waals surface area contributed by atoms with Gasteiger partial charge in [-0.25, -0.2) is 0 Å². The fourth-order valence-corrected chi connectivity index (χ4v) is 2.01. The highest BCUT2D eigenvalue weighted by atomic mass is 35.5. The Morgan fingerprint density at radius 1 is 1.07 bits per heavy atom. The Morgan fingerprint density at radius 3 is 2.29 bits per heavy atom. The number of rotatable bonds is 1. The summed E-state index contributed by atoms with van der Waals surface area (Å²) in [6.07, 6.45) is 5.93. The molecule has 1 aromatic rings. The standard InChI is InChI=1S/C11H11Cl2N/c12-9-4-3-8(7-10(9)13)11(14)5-1-2-6-11/h1-4,7H,5-6,14H2. The average molecular weight is 228 g/mol. The highest BCUT2D eigenvalue weighted by Gasteiger charge is 2.28. The zero-order chi connectivity index (χ0) is 10.2. The molecule has 0 unspecified atom stereocenters. The van der Waals surface area contributed by atoms with E-state index in [2.05, 4.69) is 12.2 Å². The van der Waals surface area contributed by atoms with Crippen LogP contribution in [0, 0.1) is 0 Å². The van der Waals surface area contributed by atoms with Gasteiger partial charge in [0.2, 0.25) is 0 Å². The van der Waals surface area contributed by atoms with Crippen LogP contribution in [0.2, 0.25) is 10.0 Å². The molecule has 2 rings (SSSR count). The van der Waals surface area contributed by atoms with E-state index in [1.54, 1.807) is 6.07 Å². The van der Waals surface area contributed by atoms with Crippen LogP contribution in [0.3, 0.4) is 0 Å². The number of nitrogens with two attached hydrogens (primary N) is 1. The molecule has 1 aliphatic carbocycles. The molecule has 0 bridgehead atoms. The SMILES string of the molecule is NC1(c2ccc(Cl)c(Cl)c2)CC=CC1. The van der Waals surface area contributed by atoms with Gasteiger partial charge in [0, 0.05) is 5.54 Å². The van der Waals surface area contributed by atoms with Gasteiger partial charge in [0.15, 0.2) is 0 Å². The summed E-state index contributed by atoms with van der Waals surface area (Å²) in [5.74, 6) is 0. The van der Waals surface area contributed by atoms with E-state index in [-0.39, 0.29) is 5.54 Å². The first-order valence-corrected chi connectivity index (χ1v) is 5.27. The van der Waals surface area contributed by atoms with Gasteiger partial charge in [-0.05, 0) is 30.5 Å². The minimum Gasteiger partial charge on any atom is -0.321 e. The monoisotopic (exact) mass is 227 g/mol. The number of halogens is 2. The molecule has 0 saturated heterocycles. The number of benzene rings is 1. The van der Waals surface area contributed by atoms with E-state index in [1.807, 2.05) is 12.1 Å². The second-order valence-corrected chi connectivity index (χ2v) is 4.48. The van der Waals surface area contributed by atoms with E-state index in [0.29, 0.717) is 10.0 Å². The second-order valence-electron chi connectivity index (χ2n) is 3.66. The third-order valence-electron chi connectivity index (χ3n) is 2.63. The molecule has 0 fully saturated rings. The highest BCUT2D eigenvalue weighted by Crippen LogP contribution is 2.34. The maximum absolute atomic E-state index is 6.24. The molecule has 1 nitrogen and oxygen atoms in total. The van der Waals surface area contributed by atoms with Crippen molar-refractivity contribution in [2.45, 2.75) is 18.4 Å². The van der Waals surface area contributed by atoms with Gasteiger partial charge >= 0.3 is 0 Å². The lowest BCUT2D eigenvalue weighted by atomic mass is 9.89. The van der Waals surface area contributed by atoms with Crippen LogP contribution in [0.5, 0.6) is 0 Å². The van der Waals surface area contributed by atoms with Crippen molar-refractivity contribution in [2.24, 2.45) is 5.73 Å². The van der Waals surface area contributed by atoms with Crippen molar-refractivity contribution in [1.82, 2.24) is 0 Å². The maximum atomic E-state index is 6.24. The van der Waals surface area contributed by atoms with Gasteiger partial charge in [0.05, 0.1) is 10.0 Å². The molecule has 1 aromatic carbocycles. The smallest absolute Gasteiger partial charge is 0.0595 e. The molecule has 74 valence electrons. The molecular weight excluding hydrogens is 217 g/mol. The van der Waals surface area contributed by atoms with Crippen LogP contribution in [0.15, 0.2) is 30.4 Å². The Hall–Kier alpha value is -0.500. The van der Waals surface area contributed by atoms with E-state index in [4.69, 9.17) is 28.9 Å². The normalized spacial score (nSPS) is 18.8. The molecule has 0 amide bonds. The maximum Gasteiger partial charge on any atom is 0.0595 e. The summed E-state index contributed by atoms with van der Waals surface area (Å²) in [7, 11) is 0. The molecule has 0 radical (unpaired) electrons. The van der Waals surface area contributed by atoms with Gasteiger partial charge in [0.25, 0.3) is 0 Å². The Morgan fingerprint density at radius 2 is 1.71 bits per heavy atom. The van der Waals surface area contributed by atoms with Gasteiger partial charge in [-0.3, -0.25) is 0 Å². The molecule has 14 heavy (non-hydrogen) atoms. The molecule has 0 heterocycles.